The van der Waals surface area contributed by atoms with Crippen LogP contribution in [0.5, 0.6) is 0 Å². The molecule has 0 aliphatic carbocycles. The van der Waals surface area contributed by atoms with Crippen molar-refractivity contribution in [1.82, 2.24) is 19.6 Å². The Morgan fingerprint density at radius 3 is 2.68 bits per heavy atom. The first-order valence-corrected chi connectivity index (χ1v) is 12.2. The average Bonchev–Trinajstić information content (AvgIpc) is 3.23. The second-order valence-corrected chi connectivity index (χ2v) is 9.90. The van der Waals surface area contributed by atoms with Crippen molar-refractivity contribution >= 4 is 27.0 Å². The number of aromatic amines is 1. The van der Waals surface area contributed by atoms with Crippen molar-refractivity contribution in [3.63, 3.8) is 0 Å². The van der Waals surface area contributed by atoms with Crippen molar-refractivity contribution in [2.75, 3.05) is 13.1 Å². The molecule has 0 radical (unpaired) electrons. The first kappa shape index (κ1) is 21.5. The predicted molar refractivity (Wildman–Crippen MR) is 120 cm³/mol. The Morgan fingerprint density at radius 1 is 1.23 bits per heavy atom. The number of amides is 1. The van der Waals surface area contributed by atoms with E-state index in [1.54, 1.807) is 12.1 Å². The average molecular weight is 441 g/mol. The van der Waals surface area contributed by atoms with Crippen LogP contribution in [0.1, 0.15) is 55.2 Å². The number of H-pyrrole nitrogens is 1. The Hall–Kier alpha value is -2.71. The van der Waals surface area contributed by atoms with E-state index in [2.05, 4.69) is 9.71 Å². The summed E-state index contributed by atoms with van der Waals surface area (Å²) >= 11 is 0. The predicted octanol–water partition coefficient (Wildman–Crippen LogP) is 3.66. The Kier molecular flexibility index (Phi) is 6.11. The quantitative estimate of drug-likeness (QED) is 0.611. The number of sulfonamides is 1. The Balaban J connectivity index is 1.47. The summed E-state index contributed by atoms with van der Waals surface area (Å²) in [6.07, 6.45) is 2.58. The number of aromatic nitrogens is 2. The molecule has 1 aromatic heterocycles. The molecule has 7 nitrogen and oxygen atoms in total. The van der Waals surface area contributed by atoms with Crippen molar-refractivity contribution in [2.45, 2.75) is 50.0 Å². The molecule has 1 aliphatic rings. The van der Waals surface area contributed by atoms with Gasteiger partial charge in [-0.25, -0.2) is 18.1 Å². The smallest absolute Gasteiger partial charge is 0.253 e. The van der Waals surface area contributed by atoms with E-state index in [4.69, 9.17) is 4.98 Å². The Bertz CT molecular complexity index is 1140. The van der Waals surface area contributed by atoms with Gasteiger partial charge in [0.05, 0.1) is 15.9 Å². The van der Waals surface area contributed by atoms with Crippen LogP contribution in [-0.4, -0.2) is 48.3 Å². The van der Waals surface area contributed by atoms with Crippen LogP contribution in [0.3, 0.4) is 0 Å². The maximum Gasteiger partial charge on any atom is 0.253 e. The summed E-state index contributed by atoms with van der Waals surface area (Å²) in [5.41, 5.74) is 2.43. The number of benzene rings is 2. The molecule has 0 bridgehead atoms. The lowest BCUT2D eigenvalue weighted by Gasteiger charge is -2.32. The maximum atomic E-state index is 13.1. The van der Waals surface area contributed by atoms with E-state index < -0.39 is 10.0 Å². The van der Waals surface area contributed by atoms with Crippen LogP contribution in [0.15, 0.2) is 53.4 Å². The summed E-state index contributed by atoms with van der Waals surface area (Å²) in [7, 11) is -3.58. The lowest BCUT2D eigenvalue weighted by atomic mass is 9.96. The van der Waals surface area contributed by atoms with Gasteiger partial charge in [-0.05, 0) is 62.6 Å². The fraction of sp³-hybridized carbons (Fsp3) is 0.391. The molecular formula is C23H28N4O3S. The number of likely N-dealkylation sites (tertiary alicyclic amines) is 1. The topological polar surface area (TPSA) is 95.2 Å². The molecule has 2 aromatic carbocycles. The summed E-state index contributed by atoms with van der Waals surface area (Å²) in [6.45, 7) is 5.02. The van der Waals surface area contributed by atoms with E-state index in [1.165, 1.54) is 12.1 Å². The minimum absolute atomic E-state index is 0.0837. The number of nitrogens with one attached hydrogen (secondary N) is 2. The van der Waals surface area contributed by atoms with Crippen LogP contribution < -0.4 is 4.72 Å². The number of hydrogen-bond acceptors (Lipinski definition) is 4. The maximum absolute atomic E-state index is 13.1. The van der Waals surface area contributed by atoms with Crippen molar-refractivity contribution < 1.29 is 13.2 Å². The number of carbonyl (C=O) groups is 1. The number of fused-ring (bicyclic) bond motifs is 1. The first-order valence-electron chi connectivity index (χ1n) is 10.7. The van der Waals surface area contributed by atoms with Gasteiger partial charge in [-0.15, -0.1) is 0 Å². The first-order chi connectivity index (χ1) is 14.9. The van der Waals surface area contributed by atoms with E-state index in [0.717, 1.165) is 29.7 Å². The van der Waals surface area contributed by atoms with Gasteiger partial charge in [0.2, 0.25) is 10.0 Å². The standard InChI is InChI=1S/C23H28N4O3S/c1-3-16(2)26-31(29,30)19-12-10-17(11-13-19)23(28)27-14-6-7-18(15-27)22-24-20-8-4-5-9-21(20)25-22/h4-5,8-13,16,18,26H,3,6-7,14-15H2,1-2H3,(H,24,25). The van der Waals surface area contributed by atoms with Crippen LogP contribution in [0.4, 0.5) is 0 Å². The highest BCUT2D eigenvalue weighted by molar-refractivity contribution is 7.89. The number of rotatable bonds is 6. The van der Waals surface area contributed by atoms with Crippen molar-refractivity contribution in [1.29, 1.82) is 0 Å². The van der Waals surface area contributed by atoms with E-state index in [0.29, 0.717) is 25.1 Å². The van der Waals surface area contributed by atoms with Gasteiger partial charge >= 0.3 is 0 Å². The molecule has 1 aliphatic heterocycles. The monoisotopic (exact) mass is 440 g/mol. The normalized spacial score (nSPS) is 18.3. The molecular weight excluding hydrogens is 412 g/mol. The van der Waals surface area contributed by atoms with Crippen LogP contribution in [0.2, 0.25) is 0 Å². The molecule has 1 fully saturated rings. The van der Waals surface area contributed by atoms with Gasteiger partial charge in [0.1, 0.15) is 5.82 Å². The summed E-state index contributed by atoms with van der Waals surface area (Å²) in [5, 5.41) is 0. The van der Waals surface area contributed by atoms with Gasteiger partial charge in [-0.2, -0.15) is 0 Å². The molecule has 2 atom stereocenters. The minimum atomic E-state index is -3.58. The zero-order valence-electron chi connectivity index (χ0n) is 17.8. The highest BCUT2D eigenvalue weighted by Gasteiger charge is 2.27. The number of imidazole rings is 1. The second-order valence-electron chi connectivity index (χ2n) is 8.18. The molecule has 2 unspecified atom stereocenters. The van der Waals surface area contributed by atoms with Crippen molar-refractivity contribution in [3.05, 3.63) is 59.9 Å². The lowest BCUT2D eigenvalue weighted by molar-refractivity contribution is 0.0705. The molecule has 164 valence electrons. The van der Waals surface area contributed by atoms with Crippen LogP contribution in [-0.2, 0) is 10.0 Å². The third-order valence-corrected chi connectivity index (χ3v) is 7.49. The molecule has 0 spiro atoms. The molecule has 2 N–H and O–H groups in total. The number of para-hydroxylation sites is 2. The minimum Gasteiger partial charge on any atom is -0.342 e. The van der Waals surface area contributed by atoms with Crippen molar-refractivity contribution in [2.24, 2.45) is 0 Å². The fourth-order valence-corrected chi connectivity index (χ4v) is 5.25. The molecule has 3 aromatic rings. The second kappa shape index (κ2) is 8.80. The molecule has 4 rings (SSSR count). The van der Waals surface area contributed by atoms with Crippen LogP contribution in [0, 0.1) is 0 Å². The van der Waals surface area contributed by atoms with Crippen LogP contribution in [0.25, 0.3) is 11.0 Å². The van der Waals surface area contributed by atoms with Gasteiger partial charge in [0.25, 0.3) is 5.91 Å². The SMILES string of the molecule is CCC(C)NS(=O)(=O)c1ccc(C(=O)N2CCCC(c3nc4ccccc4[nH]3)C2)cc1. The lowest BCUT2D eigenvalue weighted by Crippen LogP contribution is -2.39. The molecule has 8 heteroatoms. The molecule has 1 saturated heterocycles. The Morgan fingerprint density at radius 2 is 1.97 bits per heavy atom. The molecule has 1 amide bonds. The number of hydrogen-bond donors (Lipinski definition) is 2. The summed E-state index contributed by atoms with van der Waals surface area (Å²) in [6, 6.07) is 14.0. The fourth-order valence-electron chi connectivity index (χ4n) is 3.93. The third-order valence-electron chi connectivity index (χ3n) is 5.88. The van der Waals surface area contributed by atoms with Gasteiger partial charge < -0.3 is 9.88 Å². The van der Waals surface area contributed by atoms with E-state index >= 15 is 0 Å². The summed E-state index contributed by atoms with van der Waals surface area (Å²) in [4.78, 5) is 23.2. The van der Waals surface area contributed by atoms with Crippen molar-refractivity contribution in [3.8, 4) is 0 Å². The summed E-state index contributed by atoms with van der Waals surface area (Å²) < 4.78 is 27.5. The molecule has 31 heavy (non-hydrogen) atoms. The van der Waals surface area contributed by atoms with Gasteiger partial charge in [-0.3, -0.25) is 4.79 Å². The van der Waals surface area contributed by atoms with Gasteiger partial charge in [0.15, 0.2) is 0 Å². The number of nitrogens with zero attached hydrogens (tertiary/aromatic N) is 2. The van der Waals surface area contributed by atoms with Gasteiger partial charge in [-0.1, -0.05) is 19.1 Å². The molecule has 2 heterocycles. The highest BCUT2D eigenvalue weighted by atomic mass is 32.2. The van der Waals surface area contributed by atoms with Gasteiger partial charge in [0, 0.05) is 30.6 Å². The van der Waals surface area contributed by atoms with Crippen LogP contribution >= 0.6 is 0 Å². The molecule has 0 saturated carbocycles. The highest BCUT2D eigenvalue weighted by Crippen LogP contribution is 2.27. The van der Waals surface area contributed by atoms with E-state index in [-0.39, 0.29) is 22.8 Å². The summed E-state index contributed by atoms with van der Waals surface area (Å²) in [5.74, 6) is 0.986. The van der Waals surface area contributed by atoms with E-state index in [9.17, 15) is 13.2 Å². The number of piperidine rings is 1. The van der Waals surface area contributed by atoms with E-state index in [1.807, 2.05) is 43.0 Å². The Labute approximate surface area is 182 Å². The third kappa shape index (κ3) is 4.65. The zero-order valence-corrected chi connectivity index (χ0v) is 18.7. The largest absolute Gasteiger partial charge is 0.342 e. The number of carbonyl (C=O) groups excluding carboxylic acids is 1. The zero-order chi connectivity index (χ0) is 22.0.